The molecule has 0 radical (unpaired) electrons. The van der Waals surface area contributed by atoms with Crippen molar-refractivity contribution >= 4 is 11.8 Å². The molecular weight excluding hydrogens is 270 g/mol. The Balaban J connectivity index is 2.43. The highest BCUT2D eigenvalue weighted by atomic mass is 16.3. The van der Waals surface area contributed by atoms with Crippen LogP contribution in [0.2, 0.25) is 0 Å². The molecule has 6 heteroatoms. The molecule has 2 amide bonds. The Kier molecular flexibility index (Phi) is 6.84. The van der Waals surface area contributed by atoms with Gasteiger partial charge in [0, 0.05) is 13.1 Å². The summed E-state index contributed by atoms with van der Waals surface area (Å²) >= 11 is 0. The number of carbonyl (C=O) groups is 2. The van der Waals surface area contributed by atoms with E-state index in [0.29, 0.717) is 45.6 Å². The summed E-state index contributed by atoms with van der Waals surface area (Å²) in [5.41, 5.74) is 6.08. The Morgan fingerprint density at radius 2 is 2.00 bits per heavy atom. The predicted octanol–water partition coefficient (Wildman–Crippen LogP) is -0.0308. The summed E-state index contributed by atoms with van der Waals surface area (Å²) in [5, 5.41) is 9.67. The first-order valence-corrected chi connectivity index (χ1v) is 7.47. The lowest BCUT2D eigenvalue weighted by Gasteiger charge is -2.34. The highest BCUT2D eigenvalue weighted by molar-refractivity contribution is 5.79. The molecule has 0 aromatic rings. The van der Waals surface area contributed by atoms with E-state index in [1.54, 1.807) is 4.90 Å². The topological polar surface area (TPSA) is 86.9 Å². The van der Waals surface area contributed by atoms with E-state index in [2.05, 4.69) is 11.5 Å². The van der Waals surface area contributed by atoms with E-state index < -0.39 is 12.0 Å². The second kappa shape index (κ2) is 8.14. The van der Waals surface area contributed by atoms with Crippen molar-refractivity contribution in [3.63, 3.8) is 0 Å². The van der Waals surface area contributed by atoms with Crippen molar-refractivity contribution in [2.45, 2.75) is 32.8 Å². The first-order chi connectivity index (χ1) is 9.85. The Morgan fingerprint density at radius 1 is 1.43 bits per heavy atom. The molecule has 0 saturated carbocycles. The molecule has 0 unspecified atom stereocenters. The third kappa shape index (κ3) is 5.47. The summed E-state index contributed by atoms with van der Waals surface area (Å²) in [7, 11) is 0. The van der Waals surface area contributed by atoms with Crippen LogP contribution in [0.5, 0.6) is 0 Å². The summed E-state index contributed by atoms with van der Waals surface area (Å²) in [4.78, 5) is 27.0. The first-order valence-electron chi connectivity index (χ1n) is 7.47. The van der Waals surface area contributed by atoms with E-state index in [4.69, 9.17) is 5.73 Å². The lowest BCUT2D eigenvalue weighted by Crippen LogP contribution is -2.46. The summed E-state index contributed by atoms with van der Waals surface area (Å²) in [6, 6.07) is 0. The van der Waals surface area contributed by atoms with Crippen molar-refractivity contribution < 1.29 is 14.7 Å². The SMILES string of the molecule is C=C(C)CN(CC)C(=O)CN1CCC([C@@H](O)C(N)=O)CC1. The Morgan fingerprint density at radius 3 is 2.43 bits per heavy atom. The van der Waals surface area contributed by atoms with Gasteiger partial charge in [0.15, 0.2) is 0 Å². The van der Waals surface area contributed by atoms with E-state index in [1.165, 1.54) is 0 Å². The number of carbonyl (C=O) groups excluding carboxylic acids is 2. The van der Waals surface area contributed by atoms with Crippen LogP contribution in [0.3, 0.4) is 0 Å². The number of aliphatic hydroxyl groups excluding tert-OH is 1. The first kappa shape index (κ1) is 17.7. The smallest absolute Gasteiger partial charge is 0.246 e. The fourth-order valence-electron chi connectivity index (χ4n) is 2.65. The van der Waals surface area contributed by atoms with E-state index in [-0.39, 0.29) is 11.8 Å². The number of piperidine rings is 1. The van der Waals surface area contributed by atoms with Crippen molar-refractivity contribution in [2.75, 3.05) is 32.7 Å². The van der Waals surface area contributed by atoms with Crippen LogP contribution in [-0.4, -0.2) is 65.5 Å². The number of nitrogens with two attached hydrogens (primary N) is 1. The van der Waals surface area contributed by atoms with Gasteiger partial charge in [-0.1, -0.05) is 12.2 Å². The number of nitrogens with zero attached hydrogens (tertiary/aromatic N) is 2. The van der Waals surface area contributed by atoms with Gasteiger partial charge in [0.1, 0.15) is 6.10 Å². The van der Waals surface area contributed by atoms with Gasteiger partial charge >= 0.3 is 0 Å². The molecule has 1 aliphatic heterocycles. The van der Waals surface area contributed by atoms with Crippen LogP contribution >= 0.6 is 0 Å². The molecule has 1 heterocycles. The van der Waals surface area contributed by atoms with Crippen molar-refractivity contribution in [2.24, 2.45) is 11.7 Å². The molecule has 0 bridgehead atoms. The quantitative estimate of drug-likeness (QED) is 0.646. The van der Waals surface area contributed by atoms with Crippen LogP contribution in [0.15, 0.2) is 12.2 Å². The number of primary amides is 1. The summed E-state index contributed by atoms with van der Waals surface area (Å²) in [6.45, 7) is 10.7. The van der Waals surface area contributed by atoms with Crippen LogP contribution in [0.1, 0.15) is 26.7 Å². The summed E-state index contributed by atoms with van der Waals surface area (Å²) < 4.78 is 0. The van der Waals surface area contributed by atoms with E-state index in [1.807, 2.05) is 13.8 Å². The maximum absolute atomic E-state index is 12.2. The third-order valence-corrected chi connectivity index (χ3v) is 3.92. The number of hydrogen-bond acceptors (Lipinski definition) is 4. The Bertz CT molecular complexity index is 390. The summed E-state index contributed by atoms with van der Waals surface area (Å²) in [5.74, 6) is -0.663. The van der Waals surface area contributed by atoms with Crippen molar-refractivity contribution in [1.29, 1.82) is 0 Å². The van der Waals surface area contributed by atoms with Gasteiger partial charge in [-0.15, -0.1) is 0 Å². The average molecular weight is 297 g/mol. The maximum atomic E-state index is 12.2. The third-order valence-electron chi connectivity index (χ3n) is 3.92. The highest BCUT2D eigenvalue weighted by Crippen LogP contribution is 2.20. The van der Waals surface area contributed by atoms with Crippen LogP contribution in [-0.2, 0) is 9.59 Å². The fraction of sp³-hybridized carbons (Fsp3) is 0.733. The van der Waals surface area contributed by atoms with Gasteiger partial charge in [-0.05, 0) is 45.7 Å². The normalized spacial score (nSPS) is 18.2. The van der Waals surface area contributed by atoms with Crippen LogP contribution in [0.4, 0.5) is 0 Å². The van der Waals surface area contributed by atoms with Gasteiger partial charge in [0.2, 0.25) is 11.8 Å². The minimum Gasteiger partial charge on any atom is -0.383 e. The van der Waals surface area contributed by atoms with Crippen molar-refractivity contribution in [3.8, 4) is 0 Å². The van der Waals surface area contributed by atoms with Gasteiger partial charge in [-0.25, -0.2) is 0 Å². The molecule has 6 nitrogen and oxygen atoms in total. The molecule has 1 aliphatic rings. The van der Waals surface area contributed by atoms with Crippen molar-refractivity contribution in [3.05, 3.63) is 12.2 Å². The number of amides is 2. The molecule has 21 heavy (non-hydrogen) atoms. The lowest BCUT2D eigenvalue weighted by molar-refractivity contribution is -0.134. The lowest BCUT2D eigenvalue weighted by atomic mass is 9.91. The van der Waals surface area contributed by atoms with Crippen LogP contribution in [0, 0.1) is 5.92 Å². The number of aliphatic hydroxyl groups is 1. The van der Waals surface area contributed by atoms with Gasteiger partial charge in [0.25, 0.3) is 0 Å². The van der Waals surface area contributed by atoms with Crippen molar-refractivity contribution in [1.82, 2.24) is 9.80 Å². The number of likely N-dealkylation sites (N-methyl/N-ethyl adjacent to an activating group) is 1. The average Bonchev–Trinajstić information content (AvgIpc) is 2.44. The van der Waals surface area contributed by atoms with E-state index in [9.17, 15) is 14.7 Å². The molecule has 120 valence electrons. The summed E-state index contributed by atoms with van der Waals surface area (Å²) in [6.07, 6.45) is 0.298. The monoisotopic (exact) mass is 297 g/mol. The zero-order valence-corrected chi connectivity index (χ0v) is 13.0. The largest absolute Gasteiger partial charge is 0.383 e. The van der Waals surface area contributed by atoms with Gasteiger partial charge in [0.05, 0.1) is 6.54 Å². The molecule has 0 spiro atoms. The maximum Gasteiger partial charge on any atom is 0.246 e. The number of hydrogen-bond donors (Lipinski definition) is 2. The molecule has 0 aromatic heterocycles. The molecule has 0 aromatic carbocycles. The van der Waals surface area contributed by atoms with E-state index in [0.717, 1.165) is 5.57 Å². The minimum atomic E-state index is -1.07. The van der Waals surface area contributed by atoms with Crippen LogP contribution < -0.4 is 5.73 Å². The molecule has 3 N–H and O–H groups in total. The zero-order chi connectivity index (χ0) is 16.0. The van der Waals surface area contributed by atoms with E-state index >= 15 is 0 Å². The standard InChI is InChI=1S/C15H27N3O3/c1-4-18(9-11(2)3)13(19)10-17-7-5-12(6-8-17)14(20)15(16)21/h12,14,20H,2,4-10H2,1,3H3,(H2,16,21)/t14-/m1/s1. The Hall–Kier alpha value is -1.40. The highest BCUT2D eigenvalue weighted by Gasteiger charge is 2.29. The molecule has 1 fully saturated rings. The van der Waals surface area contributed by atoms with Crippen LogP contribution in [0.25, 0.3) is 0 Å². The second-order valence-corrected chi connectivity index (χ2v) is 5.83. The number of rotatable bonds is 7. The fourth-order valence-corrected chi connectivity index (χ4v) is 2.65. The second-order valence-electron chi connectivity index (χ2n) is 5.83. The molecule has 0 aliphatic carbocycles. The number of likely N-dealkylation sites (tertiary alicyclic amines) is 1. The molecule has 1 atom stereocenters. The minimum absolute atomic E-state index is 0.0912. The molecular formula is C15H27N3O3. The zero-order valence-electron chi connectivity index (χ0n) is 13.0. The predicted molar refractivity (Wildman–Crippen MR) is 81.4 cm³/mol. The molecule has 1 rings (SSSR count). The Labute approximate surface area is 126 Å². The van der Waals surface area contributed by atoms with Gasteiger partial charge < -0.3 is 15.7 Å². The molecule has 1 saturated heterocycles. The van der Waals surface area contributed by atoms with Gasteiger partial charge in [-0.2, -0.15) is 0 Å². The van der Waals surface area contributed by atoms with Gasteiger partial charge in [-0.3, -0.25) is 14.5 Å².